The van der Waals surface area contributed by atoms with E-state index in [-0.39, 0.29) is 17.7 Å². The quantitative estimate of drug-likeness (QED) is 0.675. The van der Waals surface area contributed by atoms with E-state index in [0.717, 1.165) is 31.4 Å². The van der Waals surface area contributed by atoms with Gasteiger partial charge in [0, 0.05) is 18.7 Å². The number of benzene rings is 2. The summed E-state index contributed by atoms with van der Waals surface area (Å²) in [6, 6.07) is 25.1. The standard InChI is InChI=1S/C25H26N2O/c28-25(23-15-7-13-21-14-8-17-26-24(21)23)27-18-16-22(19-9-3-1-4-10-19)20-11-5-2-6-12-20/h1-6,8-12,14,17,22-23H,7,13,15-16,18H2,(H,27,28)/t23-/m1/s1. The van der Waals surface area contributed by atoms with Crippen LogP contribution in [-0.2, 0) is 11.2 Å². The minimum Gasteiger partial charge on any atom is -0.355 e. The zero-order valence-electron chi connectivity index (χ0n) is 16.1. The highest BCUT2D eigenvalue weighted by Gasteiger charge is 2.27. The fraction of sp³-hybridized carbons (Fsp3) is 0.280. The van der Waals surface area contributed by atoms with Gasteiger partial charge in [-0.05, 0) is 48.4 Å². The number of amides is 1. The van der Waals surface area contributed by atoms with E-state index in [9.17, 15) is 4.79 Å². The van der Waals surface area contributed by atoms with E-state index in [0.29, 0.717) is 6.54 Å². The van der Waals surface area contributed by atoms with Crippen molar-refractivity contribution in [3.63, 3.8) is 0 Å². The molecule has 142 valence electrons. The van der Waals surface area contributed by atoms with E-state index in [2.05, 4.69) is 64.9 Å². The SMILES string of the molecule is O=C(NCCC(c1ccccc1)c1ccccc1)[C@@H]1CCCc2cccnc21. The van der Waals surface area contributed by atoms with Crippen LogP contribution in [0.15, 0.2) is 79.0 Å². The summed E-state index contributed by atoms with van der Waals surface area (Å²) < 4.78 is 0. The lowest BCUT2D eigenvalue weighted by molar-refractivity contribution is -0.123. The Hall–Kier alpha value is -2.94. The van der Waals surface area contributed by atoms with Crippen molar-refractivity contribution in [1.29, 1.82) is 0 Å². The minimum absolute atomic E-state index is 0.111. The average molecular weight is 370 g/mol. The minimum atomic E-state index is -0.114. The van der Waals surface area contributed by atoms with Gasteiger partial charge in [0.2, 0.25) is 5.91 Å². The summed E-state index contributed by atoms with van der Waals surface area (Å²) in [7, 11) is 0. The van der Waals surface area contributed by atoms with Crippen LogP contribution in [-0.4, -0.2) is 17.4 Å². The Kier molecular flexibility index (Phi) is 5.81. The third-order valence-corrected chi connectivity index (χ3v) is 5.65. The van der Waals surface area contributed by atoms with Crippen LogP contribution in [0, 0.1) is 0 Å². The van der Waals surface area contributed by atoms with Crippen LogP contribution in [0.5, 0.6) is 0 Å². The highest BCUT2D eigenvalue weighted by molar-refractivity contribution is 5.83. The third-order valence-electron chi connectivity index (χ3n) is 5.65. The molecular formula is C25H26N2O. The first kappa shape index (κ1) is 18.4. The summed E-state index contributed by atoms with van der Waals surface area (Å²) in [4.78, 5) is 17.4. The number of carbonyl (C=O) groups excluding carboxylic acids is 1. The van der Waals surface area contributed by atoms with E-state index in [1.54, 1.807) is 6.20 Å². The predicted octanol–water partition coefficient (Wildman–Crippen LogP) is 4.84. The van der Waals surface area contributed by atoms with Crippen LogP contribution in [0.1, 0.15) is 53.5 Å². The van der Waals surface area contributed by atoms with Crippen molar-refractivity contribution in [3.8, 4) is 0 Å². The van der Waals surface area contributed by atoms with Gasteiger partial charge in [-0.25, -0.2) is 0 Å². The third kappa shape index (κ3) is 4.14. The normalized spacial score (nSPS) is 15.8. The second-order valence-corrected chi connectivity index (χ2v) is 7.45. The number of nitrogens with zero attached hydrogens (tertiary/aromatic N) is 1. The number of hydrogen-bond acceptors (Lipinski definition) is 2. The molecule has 3 aromatic rings. The lowest BCUT2D eigenvalue weighted by Gasteiger charge is -2.24. The molecule has 1 aliphatic carbocycles. The average Bonchev–Trinajstić information content (AvgIpc) is 2.77. The number of hydrogen-bond donors (Lipinski definition) is 1. The van der Waals surface area contributed by atoms with Gasteiger partial charge in [0.1, 0.15) is 0 Å². The second-order valence-electron chi connectivity index (χ2n) is 7.45. The van der Waals surface area contributed by atoms with E-state index in [1.807, 2.05) is 18.2 Å². The van der Waals surface area contributed by atoms with Crippen molar-refractivity contribution in [2.45, 2.75) is 37.5 Å². The summed E-state index contributed by atoms with van der Waals surface area (Å²) in [5.74, 6) is 0.274. The second kappa shape index (κ2) is 8.83. The van der Waals surface area contributed by atoms with Gasteiger partial charge in [-0.15, -0.1) is 0 Å². The number of carbonyl (C=O) groups is 1. The summed E-state index contributed by atoms with van der Waals surface area (Å²) in [6.45, 7) is 0.659. The van der Waals surface area contributed by atoms with Crippen LogP contribution >= 0.6 is 0 Å². The van der Waals surface area contributed by atoms with Crippen LogP contribution in [0.2, 0.25) is 0 Å². The monoisotopic (exact) mass is 370 g/mol. The van der Waals surface area contributed by atoms with E-state index in [1.165, 1.54) is 16.7 Å². The number of rotatable bonds is 6. The maximum atomic E-state index is 12.9. The number of nitrogens with one attached hydrogen (secondary N) is 1. The molecule has 3 nitrogen and oxygen atoms in total. The Morgan fingerprint density at radius 2 is 1.64 bits per heavy atom. The molecule has 0 spiro atoms. The Balaban J connectivity index is 1.43. The summed E-state index contributed by atoms with van der Waals surface area (Å²) in [6.07, 6.45) is 5.63. The summed E-state index contributed by atoms with van der Waals surface area (Å²) in [5, 5.41) is 3.18. The molecule has 1 aliphatic rings. The molecule has 4 rings (SSSR count). The van der Waals surface area contributed by atoms with Gasteiger partial charge in [-0.3, -0.25) is 9.78 Å². The smallest absolute Gasteiger partial charge is 0.229 e. The Labute approximate surface area is 166 Å². The Morgan fingerprint density at radius 3 is 2.32 bits per heavy atom. The molecule has 3 heteroatoms. The maximum Gasteiger partial charge on any atom is 0.229 e. The number of pyridine rings is 1. The summed E-state index contributed by atoms with van der Waals surface area (Å²) in [5.41, 5.74) is 4.76. The van der Waals surface area contributed by atoms with Crippen LogP contribution < -0.4 is 5.32 Å². The van der Waals surface area contributed by atoms with Crippen molar-refractivity contribution in [2.75, 3.05) is 6.54 Å². The molecule has 0 radical (unpaired) electrons. The van der Waals surface area contributed by atoms with Gasteiger partial charge < -0.3 is 5.32 Å². The van der Waals surface area contributed by atoms with Crippen molar-refractivity contribution >= 4 is 5.91 Å². The van der Waals surface area contributed by atoms with Crippen LogP contribution in [0.4, 0.5) is 0 Å². The fourth-order valence-corrected chi connectivity index (χ4v) is 4.22. The highest BCUT2D eigenvalue weighted by Crippen LogP contribution is 2.30. The van der Waals surface area contributed by atoms with Crippen LogP contribution in [0.3, 0.4) is 0 Å². The zero-order valence-corrected chi connectivity index (χ0v) is 16.1. The Morgan fingerprint density at radius 1 is 0.964 bits per heavy atom. The first-order chi connectivity index (χ1) is 13.8. The topological polar surface area (TPSA) is 42.0 Å². The van der Waals surface area contributed by atoms with Crippen molar-refractivity contribution in [1.82, 2.24) is 10.3 Å². The van der Waals surface area contributed by atoms with Gasteiger partial charge >= 0.3 is 0 Å². The molecule has 1 N–H and O–H groups in total. The zero-order chi connectivity index (χ0) is 19.2. The van der Waals surface area contributed by atoms with Gasteiger partial charge in [0.15, 0.2) is 0 Å². The van der Waals surface area contributed by atoms with Crippen molar-refractivity contribution in [2.24, 2.45) is 0 Å². The molecule has 0 saturated carbocycles. The maximum absolute atomic E-state index is 12.9. The largest absolute Gasteiger partial charge is 0.355 e. The lowest BCUT2D eigenvalue weighted by Crippen LogP contribution is -2.33. The molecule has 1 amide bonds. The molecule has 28 heavy (non-hydrogen) atoms. The van der Waals surface area contributed by atoms with Crippen molar-refractivity contribution in [3.05, 3.63) is 101 Å². The molecule has 0 saturated heterocycles. The van der Waals surface area contributed by atoms with Gasteiger partial charge in [-0.1, -0.05) is 66.7 Å². The Bertz CT molecular complexity index is 869. The van der Waals surface area contributed by atoms with Gasteiger partial charge in [0.05, 0.1) is 11.6 Å². The molecule has 1 heterocycles. The fourth-order valence-electron chi connectivity index (χ4n) is 4.22. The number of fused-ring (bicyclic) bond motifs is 1. The molecule has 2 aromatic carbocycles. The molecule has 1 atom stereocenters. The predicted molar refractivity (Wildman–Crippen MR) is 112 cm³/mol. The highest BCUT2D eigenvalue weighted by atomic mass is 16.1. The van der Waals surface area contributed by atoms with Gasteiger partial charge in [0.25, 0.3) is 0 Å². The number of aromatic nitrogens is 1. The van der Waals surface area contributed by atoms with E-state index in [4.69, 9.17) is 0 Å². The van der Waals surface area contributed by atoms with Crippen LogP contribution in [0.25, 0.3) is 0 Å². The van der Waals surface area contributed by atoms with E-state index >= 15 is 0 Å². The molecule has 0 bridgehead atoms. The first-order valence-electron chi connectivity index (χ1n) is 10.1. The van der Waals surface area contributed by atoms with E-state index < -0.39 is 0 Å². The molecule has 0 aliphatic heterocycles. The number of aryl methyl sites for hydroxylation is 1. The van der Waals surface area contributed by atoms with Gasteiger partial charge in [-0.2, -0.15) is 0 Å². The molecular weight excluding hydrogens is 344 g/mol. The van der Waals surface area contributed by atoms with Crippen molar-refractivity contribution < 1.29 is 4.79 Å². The lowest BCUT2D eigenvalue weighted by atomic mass is 9.85. The molecule has 0 unspecified atom stereocenters. The molecule has 1 aromatic heterocycles. The first-order valence-corrected chi connectivity index (χ1v) is 10.1. The molecule has 0 fully saturated rings. The summed E-state index contributed by atoms with van der Waals surface area (Å²) >= 11 is 0.